The van der Waals surface area contributed by atoms with E-state index in [2.05, 4.69) is 0 Å². The fraction of sp³-hybridized carbons (Fsp3) is 0.462. The molecule has 0 aromatic heterocycles. The molecule has 0 aliphatic heterocycles. The maximum absolute atomic E-state index is 11.6. The SMILES string of the molecule is NCCC(=O)c1ccc(OCC2CC2)c(Cl)c1. The third kappa shape index (κ3) is 3.45. The Hall–Kier alpha value is -1.06. The molecule has 1 fully saturated rings. The van der Waals surface area contributed by atoms with Crippen LogP contribution in [-0.4, -0.2) is 18.9 Å². The molecule has 4 heteroatoms. The molecule has 0 saturated heterocycles. The zero-order valence-electron chi connectivity index (χ0n) is 9.62. The van der Waals surface area contributed by atoms with Gasteiger partial charge in [0, 0.05) is 12.0 Å². The summed E-state index contributed by atoms with van der Waals surface area (Å²) in [6.45, 7) is 1.08. The molecule has 1 aromatic rings. The number of halogens is 1. The Labute approximate surface area is 106 Å². The second-order valence-electron chi connectivity index (χ2n) is 4.36. The van der Waals surface area contributed by atoms with Gasteiger partial charge in [-0.25, -0.2) is 0 Å². The number of carbonyl (C=O) groups is 1. The van der Waals surface area contributed by atoms with E-state index in [-0.39, 0.29) is 5.78 Å². The molecule has 1 aromatic carbocycles. The van der Waals surface area contributed by atoms with Gasteiger partial charge in [-0.15, -0.1) is 0 Å². The van der Waals surface area contributed by atoms with Crippen molar-refractivity contribution in [2.45, 2.75) is 19.3 Å². The van der Waals surface area contributed by atoms with Gasteiger partial charge in [-0.05, 0) is 43.5 Å². The van der Waals surface area contributed by atoms with E-state index in [0.717, 1.165) is 6.61 Å². The first-order valence-electron chi connectivity index (χ1n) is 5.86. The first kappa shape index (κ1) is 12.4. The molecule has 0 radical (unpaired) electrons. The zero-order valence-corrected chi connectivity index (χ0v) is 10.4. The molecule has 17 heavy (non-hydrogen) atoms. The van der Waals surface area contributed by atoms with Crippen LogP contribution in [0, 0.1) is 5.92 Å². The van der Waals surface area contributed by atoms with Crippen molar-refractivity contribution in [3.05, 3.63) is 28.8 Å². The van der Waals surface area contributed by atoms with Crippen molar-refractivity contribution >= 4 is 17.4 Å². The number of ketones is 1. The van der Waals surface area contributed by atoms with Gasteiger partial charge in [-0.2, -0.15) is 0 Å². The lowest BCUT2D eigenvalue weighted by molar-refractivity contribution is 0.0985. The summed E-state index contributed by atoms with van der Waals surface area (Å²) in [5, 5.41) is 0.494. The molecule has 0 unspecified atom stereocenters. The van der Waals surface area contributed by atoms with Crippen molar-refractivity contribution in [2.75, 3.05) is 13.2 Å². The van der Waals surface area contributed by atoms with Crippen molar-refractivity contribution in [2.24, 2.45) is 11.7 Å². The molecule has 3 nitrogen and oxygen atoms in total. The van der Waals surface area contributed by atoms with Crippen LogP contribution in [0.15, 0.2) is 18.2 Å². The van der Waals surface area contributed by atoms with Crippen molar-refractivity contribution < 1.29 is 9.53 Å². The molecule has 1 aliphatic rings. The van der Waals surface area contributed by atoms with E-state index in [4.69, 9.17) is 22.1 Å². The number of hydrogen-bond acceptors (Lipinski definition) is 3. The highest BCUT2D eigenvalue weighted by Crippen LogP contribution is 2.32. The highest BCUT2D eigenvalue weighted by Gasteiger charge is 2.22. The highest BCUT2D eigenvalue weighted by molar-refractivity contribution is 6.32. The summed E-state index contributed by atoms with van der Waals surface area (Å²) in [6.07, 6.45) is 2.83. The number of nitrogens with two attached hydrogens (primary N) is 1. The molecule has 2 rings (SSSR count). The summed E-state index contributed by atoms with van der Waals surface area (Å²) in [5.41, 5.74) is 5.94. The molecular weight excluding hydrogens is 238 g/mol. The normalized spacial score (nSPS) is 14.7. The van der Waals surface area contributed by atoms with Gasteiger partial charge in [0.05, 0.1) is 11.6 Å². The number of carbonyl (C=O) groups excluding carboxylic acids is 1. The molecule has 0 amide bonds. The summed E-state index contributed by atoms with van der Waals surface area (Å²) in [4.78, 5) is 11.6. The topological polar surface area (TPSA) is 52.3 Å². The minimum atomic E-state index is 0.0168. The van der Waals surface area contributed by atoms with Gasteiger partial charge in [-0.1, -0.05) is 11.6 Å². The molecule has 2 N–H and O–H groups in total. The second kappa shape index (κ2) is 5.52. The van der Waals surface area contributed by atoms with Crippen molar-refractivity contribution in [1.29, 1.82) is 0 Å². The van der Waals surface area contributed by atoms with Crippen LogP contribution in [-0.2, 0) is 0 Å². The van der Waals surface area contributed by atoms with Crippen LogP contribution in [0.3, 0.4) is 0 Å². The van der Waals surface area contributed by atoms with Gasteiger partial charge < -0.3 is 10.5 Å². The summed E-state index contributed by atoms with van der Waals surface area (Å²) in [6, 6.07) is 5.16. The molecule has 92 valence electrons. The standard InChI is InChI=1S/C13H16ClNO2/c14-11-7-10(12(16)5-6-15)3-4-13(11)17-8-9-1-2-9/h3-4,7,9H,1-2,5-6,8,15H2. The number of ether oxygens (including phenoxy) is 1. The summed E-state index contributed by atoms with van der Waals surface area (Å²) >= 11 is 6.07. The maximum Gasteiger partial charge on any atom is 0.164 e. The predicted molar refractivity (Wildman–Crippen MR) is 67.7 cm³/mol. The fourth-order valence-corrected chi connectivity index (χ4v) is 1.79. The Morgan fingerprint density at radius 3 is 2.82 bits per heavy atom. The fourth-order valence-electron chi connectivity index (χ4n) is 1.56. The Kier molecular flexibility index (Phi) is 4.02. The number of Topliss-reactive ketones (excluding diaryl/α,β-unsaturated/α-hetero) is 1. The quantitative estimate of drug-likeness (QED) is 0.793. The van der Waals surface area contributed by atoms with E-state index in [0.29, 0.717) is 35.2 Å². The smallest absolute Gasteiger partial charge is 0.164 e. The third-order valence-electron chi connectivity index (χ3n) is 2.80. The number of hydrogen-bond donors (Lipinski definition) is 1. The molecular formula is C13H16ClNO2. The van der Waals surface area contributed by atoms with Crippen LogP contribution in [0.5, 0.6) is 5.75 Å². The number of benzene rings is 1. The van der Waals surface area contributed by atoms with E-state index >= 15 is 0 Å². The Morgan fingerprint density at radius 2 is 2.24 bits per heavy atom. The van der Waals surface area contributed by atoms with Gasteiger partial charge >= 0.3 is 0 Å². The van der Waals surface area contributed by atoms with E-state index in [1.54, 1.807) is 18.2 Å². The predicted octanol–water partition coefficient (Wildman–Crippen LogP) is 2.66. The molecule has 0 bridgehead atoms. The molecule has 0 spiro atoms. The van der Waals surface area contributed by atoms with Crippen LogP contribution in [0.25, 0.3) is 0 Å². The lowest BCUT2D eigenvalue weighted by Crippen LogP contribution is -2.08. The Bertz CT molecular complexity index is 416. The van der Waals surface area contributed by atoms with E-state index < -0.39 is 0 Å². The minimum Gasteiger partial charge on any atom is -0.492 e. The van der Waals surface area contributed by atoms with Gasteiger partial charge in [0.25, 0.3) is 0 Å². The highest BCUT2D eigenvalue weighted by atomic mass is 35.5. The van der Waals surface area contributed by atoms with Crippen LogP contribution >= 0.6 is 11.6 Å². The van der Waals surface area contributed by atoms with E-state index in [9.17, 15) is 4.79 Å². The lowest BCUT2D eigenvalue weighted by Gasteiger charge is -2.08. The number of rotatable bonds is 6. The van der Waals surface area contributed by atoms with Gasteiger partial charge in [0.2, 0.25) is 0 Å². The Morgan fingerprint density at radius 1 is 1.47 bits per heavy atom. The molecule has 1 saturated carbocycles. The molecule has 1 aliphatic carbocycles. The largest absolute Gasteiger partial charge is 0.492 e. The summed E-state index contributed by atoms with van der Waals surface area (Å²) in [7, 11) is 0. The monoisotopic (exact) mass is 253 g/mol. The van der Waals surface area contributed by atoms with Gasteiger partial charge in [-0.3, -0.25) is 4.79 Å². The molecule has 0 heterocycles. The molecule has 0 atom stereocenters. The Balaban J connectivity index is 2.01. The van der Waals surface area contributed by atoms with Gasteiger partial charge in [0.15, 0.2) is 5.78 Å². The first-order chi connectivity index (χ1) is 8.20. The van der Waals surface area contributed by atoms with Crippen LogP contribution in [0.1, 0.15) is 29.6 Å². The lowest BCUT2D eigenvalue weighted by atomic mass is 10.1. The van der Waals surface area contributed by atoms with Gasteiger partial charge in [0.1, 0.15) is 5.75 Å². The average Bonchev–Trinajstić information content (AvgIpc) is 3.11. The summed E-state index contributed by atoms with van der Waals surface area (Å²) in [5.74, 6) is 1.36. The third-order valence-corrected chi connectivity index (χ3v) is 3.09. The summed E-state index contributed by atoms with van der Waals surface area (Å²) < 4.78 is 5.59. The minimum absolute atomic E-state index is 0.0168. The average molecular weight is 254 g/mol. The van der Waals surface area contributed by atoms with Crippen molar-refractivity contribution in [1.82, 2.24) is 0 Å². The first-order valence-corrected chi connectivity index (χ1v) is 6.24. The maximum atomic E-state index is 11.6. The van der Waals surface area contributed by atoms with Crippen LogP contribution < -0.4 is 10.5 Å². The van der Waals surface area contributed by atoms with Crippen LogP contribution in [0.2, 0.25) is 5.02 Å². The second-order valence-corrected chi connectivity index (χ2v) is 4.77. The van der Waals surface area contributed by atoms with Crippen molar-refractivity contribution in [3.63, 3.8) is 0 Å². The van der Waals surface area contributed by atoms with E-state index in [1.165, 1.54) is 12.8 Å². The van der Waals surface area contributed by atoms with Crippen molar-refractivity contribution in [3.8, 4) is 5.75 Å². The van der Waals surface area contributed by atoms with Crippen LogP contribution in [0.4, 0.5) is 0 Å². The zero-order chi connectivity index (χ0) is 12.3. The van der Waals surface area contributed by atoms with E-state index in [1.807, 2.05) is 0 Å².